The summed E-state index contributed by atoms with van der Waals surface area (Å²) in [6.07, 6.45) is 6.70. The Kier molecular flexibility index (Phi) is 4.69. The molecule has 0 aliphatic rings. The third-order valence-electron chi connectivity index (χ3n) is 3.85. The maximum Gasteiger partial charge on any atom is 0.251 e. The number of carbonyl (C=O) groups excluding carboxylic acids is 1. The van der Waals surface area contributed by atoms with Gasteiger partial charge in [-0.05, 0) is 30.2 Å². The maximum atomic E-state index is 12.6. The van der Waals surface area contributed by atoms with E-state index in [4.69, 9.17) is 0 Å². The Morgan fingerprint density at radius 3 is 2.79 bits per heavy atom. The van der Waals surface area contributed by atoms with Crippen LogP contribution in [0, 0.1) is 5.92 Å². The number of amides is 1. The number of nitrogens with zero attached hydrogens (tertiary/aromatic N) is 5. The molecule has 1 unspecified atom stereocenters. The van der Waals surface area contributed by atoms with Crippen molar-refractivity contribution in [2.45, 2.75) is 26.4 Å². The summed E-state index contributed by atoms with van der Waals surface area (Å²) in [5.74, 6) is 0.162. The zero-order valence-corrected chi connectivity index (χ0v) is 13.7. The van der Waals surface area contributed by atoms with Crippen LogP contribution in [-0.4, -0.2) is 36.5 Å². The van der Waals surface area contributed by atoms with Crippen LogP contribution < -0.4 is 5.32 Å². The van der Waals surface area contributed by atoms with E-state index in [1.165, 1.54) is 6.33 Å². The van der Waals surface area contributed by atoms with Gasteiger partial charge in [-0.2, -0.15) is 10.2 Å². The lowest BCUT2D eigenvalue weighted by atomic mass is 10.0. The lowest BCUT2D eigenvalue weighted by Gasteiger charge is -2.22. The summed E-state index contributed by atoms with van der Waals surface area (Å²) in [4.78, 5) is 16.6. The van der Waals surface area contributed by atoms with Crippen LogP contribution in [-0.2, 0) is 6.54 Å². The number of carbonyl (C=O) groups is 1. The van der Waals surface area contributed by atoms with Crippen LogP contribution in [0.1, 0.15) is 24.2 Å². The molecule has 2 heterocycles. The van der Waals surface area contributed by atoms with E-state index in [9.17, 15) is 4.79 Å². The van der Waals surface area contributed by atoms with Crippen LogP contribution in [0.4, 0.5) is 0 Å². The molecule has 24 heavy (non-hydrogen) atoms. The minimum Gasteiger partial charge on any atom is -0.347 e. The largest absolute Gasteiger partial charge is 0.347 e. The SMILES string of the molecule is CC(C)C(Cn1cncn1)NC(=O)c1cccc(-n2cccn2)c1. The summed E-state index contributed by atoms with van der Waals surface area (Å²) in [5.41, 5.74) is 1.46. The van der Waals surface area contributed by atoms with E-state index in [2.05, 4.69) is 34.3 Å². The molecule has 0 radical (unpaired) electrons. The van der Waals surface area contributed by atoms with Gasteiger partial charge in [0.05, 0.1) is 18.3 Å². The van der Waals surface area contributed by atoms with Gasteiger partial charge in [0.25, 0.3) is 5.91 Å². The Hall–Kier alpha value is -2.96. The second kappa shape index (κ2) is 7.08. The van der Waals surface area contributed by atoms with Gasteiger partial charge in [0, 0.05) is 18.0 Å². The highest BCUT2D eigenvalue weighted by atomic mass is 16.1. The fraction of sp³-hybridized carbons (Fsp3) is 0.294. The first-order valence-electron chi connectivity index (χ1n) is 7.87. The molecule has 0 bridgehead atoms. The first kappa shape index (κ1) is 15.9. The fourth-order valence-electron chi connectivity index (χ4n) is 2.41. The highest BCUT2D eigenvalue weighted by molar-refractivity contribution is 5.94. The molecule has 1 N–H and O–H groups in total. The van der Waals surface area contributed by atoms with Crippen molar-refractivity contribution in [2.24, 2.45) is 5.92 Å². The van der Waals surface area contributed by atoms with Crippen molar-refractivity contribution in [3.05, 3.63) is 60.9 Å². The highest BCUT2D eigenvalue weighted by Crippen LogP contribution is 2.11. The molecule has 3 aromatic rings. The van der Waals surface area contributed by atoms with Gasteiger partial charge in [-0.3, -0.25) is 9.48 Å². The Morgan fingerprint density at radius 1 is 1.25 bits per heavy atom. The molecular weight excluding hydrogens is 304 g/mol. The number of hydrogen-bond acceptors (Lipinski definition) is 4. The molecule has 3 rings (SSSR count). The standard InChI is InChI=1S/C17H20N6O/c1-13(2)16(10-22-12-18-11-20-22)21-17(24)14-5-3-6-15(9-14)23-8-4-7-19-23/h3-9,11-13,16H,10H2,1-2H3,(H,21,24). The molecular formula is C17H20N6O. The van der Waals surface area contributed by atoms with Crippen molar-refractivity contribution in [3.63, 3.8) is 0 Å². The molecule has 1 atom stereocenters. The monoisotopic (exact) mass is 324 g/mol. The van der Waals surface area contributed by atoms with Crippen LogP contribution in [0.2, 0.25) is 0 Å². The average Bonchev–Trinajstić information content (AvgIpc) is 3.28. The summed E-state index contributed by atoms with van der Waals surface area (Å²) < 4.78 is 3.46. The molecule has 0 aliphatic carbocycles. The Bertz CT molecular complexity index is 779. The van der Waals surface area contributed by atoms with E-state index in [0.29, 0.717) is 12.1 Å². The summed E-state index contributed by atoms with van der Waals surface area (Å²) in [5, 5.41) is 11.4. The van der Waals surface area contributed by atoms with Gasteiger partial charge in [0.1, 0.15) is 12.7 Å². The van der Waals surface area contributed by atoms with Gasteiger partial charge in [-0.1, -0.05) is 19.9 Å². The third-order valence-corrected chi connectivity index (χ3v) is 3.85. The highest BCUT2D eigenvalue weighted by Gasteiger charge is 2.18. The van der Waals surface area contributed by atoms with Crippen LogP contribution in [0.25, 0.3) is 5.69 Å². The molecule has 7 heteroatoms. The molecule has 0 saturated carbocycles. The maximum absolute atomic E-state index is 12.6. The molecule has 0 aliphatic heterocycles. The van der Waals surface area contributed by atoms with Crippen molar-refractivity contribution < 1.29 is 4.79 Å². The summed E-state index contributed by atoms with van der Waals surface area (Å²) in [6, 6.07) is 9.21. The van der Waals surface area contributed by atoms with E-state index >= 15 is 0 Å². The average molecular weight is 324 g/mol. The van der Waals surface area contributed by atoms with E-state index in [-0.39, 0.29) is 17.9 Å². The summed E-state index contributed by atoms with van der Waals surface area (Å²) in [7, 11) is 0. The third kappa shape index (κ3) is 3.68. The van der Waals surface area contributed by atoms with Gasteiger partial charge in [-0.15, -0.1) is 0 Å². The quantitative estimate of drug-likeness (QED) is 0.751. The van der Waals surface area contributed by atoms with Gasteiger partial charge in [0.15, 0.2) is 0 Å². The molecule has 124 valence electrons. The second-order valence-electron chi connectivity index (χ2n) is 5.94. The number of rotatable bonds is 6. The Morgan fingerprint density at radius 2 is 2.12 bits per heavy atom. The van der Waals surface area contributed by atoms with Crippen LogP contribution >= 0.6 is 0 Å². The molecule has 1 amide bonds. The molecule has 2 aromatic heterocycles. The number of nitrogens with one attached hydrogen (secondary N) is 1. The number of aromatic nitrogens is 5. The summed E-state index contributed by atoms with van der Waals surface area (Å²) in [6.45, 7) is 4.73. The fourth-order valence-corrected chi connectivity index (χ4v) is 2.41. The van der Waals surface area contributed by atoms with Gasteiger partial charge >= 0.3 is 0 Å². The van der Waals surface area contributed by atoms with Crippen LogP contribution in [0.5, 0.6) is 0 Å². The van der Waals surface area contributed by atoms with Crippen LogP contribution in [0.15, 0.2) is 55.4 Å². The van der Waals surface area contributed by atoms with Gasteiger partial charge in [-0.25, -0.2) is 9.67 Å². The van der Waals surface area contributed by atoms with E-state index in [1.807, 2.05) is 30.5 Å². The number of hydrogen-bond donors (Lipinski definition) is 1. The smallest absolute Gasteiger partial charge is 0.251 e. The molecule has 1 aromatic carbocycles. The predicted molar refractivity (Wildman–Crippen MR) is 89.7 cm³/mol. The second-order valence-corrected chi connectivity index (χ2v) is 5.94. The predicted octanol–water partition coefficient (Wildman–Crippen LogP) is 1.92. The van der Waals surface area contributed by atoms with Crippen molar-refractivity contribution >= 4 is 5.91 Å². The van der Waals surface area contributed by atoms with Gasteiger partial charge in [0.2, 0.25) is 0 Å². The zero-order valence-electron chi connectivity index (χ0n) is 13.7. The normalized spacial score (nSPS) is 12.3. The van der Waals surface area contributed by atoms with Crippen molar-refractivity contribution in [1.82, 2.24) is 29.9 Å². The minimum absolute atomic E-state index is 0.0347. The molecule has 0 spiro atoms. The molecule has 0 fully saturated rings. The van der Waals surface area contributed by atoms with E-state index < -0.39 is 0 Å². The lowest BCUT2D eigenvalue weighted by Crippen LogP contribution is -2.41. The summed E-state index contributed by atoms with van der Waals surface area (Å²) >= 11 is 0. The minimum atomic E-state index is -0.108. The first-order valence-corrected chi connectivity index (χ1v) is 7.87. The molecule has 0 saturated heterocycles. The van der Waals surface area contributed by atoms with Crippen molar-refractivity contribution in [3.8, 4) is 5.69 Å². The van der Waals surface area contributed by atoms with Crippen LogP contribution in [0.3, 0.4) is 0 Å². The van der Waals surface area contributed by atoms with E-state index in [1.54, 1.807) is 28.0 Å². The van der Waals surface area contributed by atoms with Crippen molar-refractivity contribution in [2.75, 3.05) is 0 Å². The van der Waals surface area contributed by atoms with Crippen molar-refractivity contribution in [1.29, 1.82) is 0 Å². The topological polar surface area (TPSA) is 77.6 Å². The Labute approximate surface area is 140 Å². The first-order chi connectivity index (χ1) is 11.6. The van der Waals surface area contributed by atoms with Gasteiger partial charge < -0.3 is 5.32 Å². The number of benzene rings is 1. The molecule has 7 nitrogen and oxygen atoms in total. The lowest BCUT2D eigenvalue weighted by molar-refractivity contribution is 0.0919. The Balaban J connectivity index is 1.74. The zero-order chi connectivity index (χ0) is 16.9. The van der Waals surface area contributed by atoms with E-state index in [0.717, 1.165) is 5.69 Å².